The lowest BCUT2D eigenvalue weighted by atomic mass is 10.2. The molecule has 0 aromatic heterocycles. The minimum absolute atomic E-state index is 0.0311. The largest absolute Gasteiger partial charge is 0.493 e. The van der Waals surface area contributed by atoms with Crippen molar-refractivity contribution in [1.82, 2.24) is 4.31 Å². The zero-order valence-electron chi connectivity index (χ0n) is 11.8. The van der Waals surface area contributed by atoms with E-state index in [0.717, 1.165) is 4.31 Å². The average molecular weight is 301 g/mol. The third-order valence-corrected chi connectivity index (χ3v) is 4.60. The summed E-state index contributed by atoms with van der Waals surface area (Å²) >= 11 is 0. The highest BCUT2D eigenvalue weighted by Crippen LogP contribution is 2.34. The number of aliphatic hydroxyl groups is 1. The SMILES string of the molecule is C=CCN(C)S(=O)(=O)c1cc(CO)c(OC)c(OC)c1. The monoisotopic (exact) mass is 301 g/mol. The summed E-state index contributed by atoms with van der Waals surface area (Å²) in [7, 11) is 0.606. The number of aliphatic hydroxyl groups excluding tert-OH is 1. The third-order valence-electron chi connectivity index (χ3n) is 2.79. The Morgan fingerprint density at radius 2 is 2.00 bits per heavy atom. The van der Waals surface area contributed by atoms with Crippen LogP contribution in [-0.4, -0.2) is 45.6 Å². The maximum absolute atomic E-state index is 12.4. The number of hydrogen-bond acceptors (Lipinski definition) is 5. The first kappa shape index (κ1) is 16.5. The molecule has 0 spiro atoms. The molecule has 20 heavy (non-hydrogen) atoms. The Balaban J connectivity index is 3.43. The lowest BCUT2D eigenvalue weighted by Gasteiger charge is -2.18. The van der Waals surface area contributed by atoms with Gasteiger partial charge in [0.2, 0.25) is 10.0 Å². The van der Waals surface area contributed by atoms with Gasteiger partial charge in [-0.2, -0.15) is 4.31 Å². The van der Waals surface area contributed by atoms with E-state index in [2.05, 4.69) is 6.58 Å². The third kappa shape index (κ3) is 3.12. The fraction of sp³-hybridized carbons (Fsp3) is 0.385. The summed E-state index contributed by atoms with van der Waals surface area (Å²) < 4.78 is 36.1. The van der Waals surface area contributed by atoms with Crippen LogP contribution in [0.5, 0.6) is 11.5 Å². The van der Waals surface area contributed by atoms with Gasteiger partial charge in [0.25, 0.3) is 0 Å². The van der Waals surface area contributed by atoms with E-state index in [1.165, 1.54) is 39.5 Å². The second-order valence-electron chi connectivity index (χ2n) is 4.05. The minimum atomic E-state index is -3.68. The van der Waals surface area contributed by atoms with E-state index < -0.39 is 10.0 Å². The first-order valence-corrected chi connectivity index (χ1v) is 7.29. The molecule has 0 bridgehead atoms. The summed E-state index contributed by atoms with van der Waals surface area (Å²) in [6.07, 6.45) is 1.49. The molecule has 112 valence electrons. The van der Waals surface area contributed by atoms with Crippen molar-refractivity contribution in [2.24, 2.45) is 0 Å². The molecular weight excluding hydrogens is 282 g/mol. The van der Waals surface area contributed by atoms with Crippen LogP contribution in [0, 0.1) is 0 Å². The lowest BCUT2D eigenvalue weighted by Crippen LogP contribution is -2.27. The van der Waals surface area contributed by atoms with Crippen LogP contribution < -0.4 is 9.47 Å². The van der Waals surface area contributed by atoms with Crippen LogP contribution in [0.25, 0.3) is 0 Å². The summed E-state index contributed by atoms with van der Waals surface area (Å²) in [5, 5.41) is 9.34. The van der Waals surface area contributed by atoms with Crippen molar-refractivity contribution in [3.05, 3.63) is 30.4 Å². The topological polar surface area (TPSA) is 76.1 Å². The molecular formula is C13H19NO5S. The first-order chi connectivity index (χ1) is 9.42. The smallest absolute Gasteiger partial charge is 0.243 e. The molecule has 0 atom stereocenters. The molecule has 0 aliphatic rings. The summed E-state index contributed by atoms with van der Waals surface area (Å²) in [6, 6.07) is 2.74. The zero-order valence-corrected chi connectivity index (χ0v) is 12.6. The molecule has 6 nitrogen and oxygen atoms in total. The van der Waals surface area contributed by atoms with Crippen molar-refractivity contribution < 1.29 is 23.0 Å². The van der Waals surface area contributed by atoms with Crippen LogP contribution in [0.2, 0.25) is 0 Å². The number of sulfonamides is 1. The van der Waals surface area contributed by atoms with E-state index >= 15 is 0 Å². The van der Waals surface area contributed by atoms with E-state index in [9.17, 15) is 13.5 Å². The van der Waals surface area contributed by atoms with E-state index in [4.69, 9.17) is 9.47 Å². The van der Waals surface area contributed by atoms with Crippen LogP contribution in [-0.2, 0) is 16.6 Å². The van der Waals surface area contributed by atoms with Gasteiger partial charge in [-0.15, -0.1) is 6.58 Å². The summed E-state index contributed by atoms with van der Waals surface area (Å²) in [5.74, 6) is 0.574. The number of ether oxygens (including phenoxy) is 2. The van der Waals surface area contributed by atoms with Crippen molar-refractivity contribution in [1.29, 1.82) is 0 Å². The molecule has 1 aromatic rings. The number of benzene rings is 1. The second kappa shape index (κ2) is 6.74. The molecule has 0 radical (unpaired) electrons. The highest BCUT2D eigenvalue weighted by Gasteiger charge is 2.23. The van der Waals surface area contributed by atoms with Gasteiger partial charge in [-0.3, -0.25) is 0 Å². The number of methoxy groups -OCH3 is 2. The molecule has 0 saturated carbocycles. The Hall–Kier alpha value is -1.57. The fourth-order valence-electron chi connectivity index (χ4n) is 1.74. The number of rotatable bonds is 7. The Kier molecular flexibility index (Phi) is 5.55. The second-order valence-corrected chi connectivity index (χ2v) is 6.10. The van der Waals surface area contributed by atoms with Crippen molar-refractivity contribution in [3.8, 4) is 11.5 Å². The van der Waals surface area contributed by atoms with Crippen molar-refractivity contribution in [2.45, 2.75) is 11.5 Å². The molecule has 0 saturated heterocycles. The van der Waals surface area contributed by atoms with E-state index in [0.29, 0.717) is 11.3 Å². The molecule has 0 heterocycles. The van der Waals surface area contributed by atoms with Crippen LogP contribution in [0.1, 0.15) is 5.56 Å². The summed E-state index contributed by atoms with van der Waals surface area (Å²) in [6.45, 7) is 3.34. The van der Waals surface area contributed by atoms with Gasteiger partial charge in [0.15, 0.2) is 11.5 Å². The Bertz CT molecular complexity index is 557. The molecule has 0 fully saturated rings. The molecule has 0 unspecified atom stereocenters. The van der Waals surface area contributed by atoms with Gasteiger partial charge >= 0.3 is 0 Å². The van der Waals surface area contributed by atoms with Gasteiger partial charge in [0.05, 0.1) is 25.7 Å². The minimum Gasteiger partial charge on any atom is -0.493 e. The predicted octanol–water partition coefficient (Wildman–Crippen LogP) is 1.00. The Morgan fingerprint density at radius 1 is 1.35 bits per heavy atom. The first-order valence-electron chi connectivity index (χ1n) is 5.85. The van der Waals surface area contributed by atoms with Crippen LogP contribution in [0.4, 0.5) is 0 Å². The van der Waals surface area contributed by atoms with Gasteiger partial charge < -0.3 is 14.6 Å². The van der Waals surface area contributed by atoms with Gasteiger partial charge in [-0.05, 0) is 6.07 Å². The van der Waals surface area contributed by atoms with Gasteiger partial charge in [-0.25, -0.2) is 8.42 Å². The van der Waals surface area contributed by atoms with Crippen molar-refractivity contribution >= 4 is 10.0 Å². The summed E-state index contributed by atoms with van der Waals surface area (Å²) in [5.41, 5.74) is 0.345. The fourth-order valence-corrected chi connectivity index (χ4v) is 2.95. The van der Waals surface area contributed by atoms with Crippen LogP contribution in [0.3, 0.4) is 0 Å². The molecule has 1 N–H and O–H groups in total. The van der Waals surface area contributed by atoms with Gasteiger partial charge in [-0.1, -0.05) is 6.08 Å². The lowest BCUT2D eigenvalue weighted by molar-refractivity contribution is 0.269. The zero-order chi connectivity index (χ0) is 15.3. The van der Waals surface area contributed by atoms with Gasteiger partial charge in [0, 0.05) is 25.2 Å². The van der Waals surface area contributed by atoms with Crippen LogP contribution in [0.15, 0.2) is 29.7 Å². The molecule has 1 rings (SSSR count). The van der Waals surface area contributed by atoms with Crippen molar-refractivity contribution in [2.75, 3.05) is 27.8 Å². The molecule has 0 amide bonds. The standard InChI is InChI=1S/C13H19NO5S/c1-5-6-14(2)20(16,17)11-7-10(9-15)13(19-4)12(8-11)18-3/h5,7-8,15H,1,6,9H2,2-4H3. The average Bonchev–Trinajstić information content (AvgIpc) is 2.45. The number of hydrogen-bond donors (Lipinski definition) is 1. The van der Waals surface area contributed by atoms with E-state index in [1.54, 1.807) is 0 Å². The highest BCUT2D eigenvalue weighted by atomic mass is 32.2. The summed E-state index contributed by atoms with van der Waals surface area (Å²) in [4.78, 5) is 0.0311. The van der Waals surface area contributed by atoms with Crippen LogP contribution >= 0.6 is 0 Å². The molecule has 0 aliphatic carbocycles. The predicted molar refractivity (Wildman–Crippen MR) is 75.5 cm³/mol. The van der Waals surface area contributed by atoms with Crippen molar-refractivity contribution in [3.63, 3.8) is 0 Å². The highest BCUT2D eigenvalue weighted by molar-refractivity contribution is 7.89. The maximum Gasteiger partial charge on any atom is 0.243 e. The number of nitrogens with zero attached hydrogens (tertiary/aromatic N) is 1. The Morgan fingerprint density at radius 3 is 2.45 bits per heavy atom. The quantitative estimate of drug-likeness (QED) is 0.760. The maximum atomic E-state index is 12.4. The molecule has 7 heteroatoms. The Labute approximate surface area is 119 Å². The normalized spacial score (nSPS) is 11.4. The van der Waals surface area contributed by atoms with E-state index in [-0.39, 0.29) is 23.8 Å². The molecule has 1 aromatic carbocycles. The molecule has 0 aliphatic heterocycles. The van der Waals surface area contributed by atoms with E-state index in [1.807, 2.05) is 0 Å². The number of likely N-dealkylation sites (N-methyl/N-ethyl adjacent to an activating group) is 1. The van der Waals surface area contributed by atoms with Gasteiger partial charge in [0.1, 0.15) is 0 Å².